The van der Waals surface area contributed by atoms with Crippen LogP contribution in [0.25, 0.3) is 0 Å². The molecule has 148 valence electrons. The van der Waals surface area contributed by atoms with Crippen molar-refractivity contribution < 1.29 is 4.79 Å². The lowest BCUT2D eigenvalue weighted by atomic mass is 10.0. The average Bonchev–Trinajstić information content (AvgIpc) is 2.74. The Balaban J connectivity index is 1.40. The largest absolute Gasteiger partial charge is 0.353 e. The van der Waals surface area contributed by atoms with E-state index in [1.54, 1.807) is 0 Å². The zero-order valence-electron chi connectivity index (χ0n) is 16.9. The molecule has 2 aliphatic heterocycles. The number of aromatic nitrogens is 2. The van der Waals surface area contributed by atoms with E-state index in [1.165, 1.54) is 24.8 Å². The minimum absolute atomic E-state index is 0.133. The fourth-order valence-electron chi connectivity index (χ4n) is 4.12. The van der Waals surface area contributed by atoms with Gasteiger partial charge in [-0.25, -0.2) is 4.98 Å². The highest BCUT2D eigenvalue weighted by Gasteiger charge is 2.24. The smallest absolute Gasteiger partial charge is 0.254 e. The lowest BCUT2D eigenvalue weighted by Crippen LogP contribution is -2.49. The molecule has 28 heavy (non-hydrogen) atoms. The minimum Gasteiger partial charge on any atom is -0.353 e. The monoisotopic (exact) mass is 379 g/mol. The third-order valence-electron chi connectivity index (χ3n) is 5.77. The third-order valence-corrected chi connectivity index (χ3v) is 5.77. The molecule has 0 atom stereocenters. The van der Waals surface area contributed by atoms with Gasteiger partial charge < -0.3 is 14.7 Å². The SMILES string of the molecule is Cc1ccc(C(=O)N2CCN(c3ccnc(N4CCCCC4)n3)CC2)c(C)c1. The number of amides is 1. The van der Waals surface area contributed by atoms with E-state index >= 15 is 0 Å². The zero-order chi connectivity index (χ0) is 19.5. The Kier molecular flexibility index (Phi) is 5.46. The van der Waals surface area contributed by atoms with E-state index < -0.39 is 0 Å². The fraction of sp³-hybridized carbons (Fsp3) is 0.500. The third kappa shape index (κ3) is 3.96. The van der Waals surface area contributed by atoms with Crippen molar-refractivity contribution in [3.8, 4) is 0 Å². The van der Waals surface area contributed by atoms with Crippen molar-refractivity contribution in [2.45, 2.75) is 33.1 Å². The summed E-state index contributed by atoms with van der Waals surface area (Å²) in [5, 5.41) is 0. The van der Waals surface area contributed by atoms with Crippen molar-refractivity contribution in [2.75, 3.05) is 49.1 Å². The van der Waals surface area contributed by atoms with E-state index in [1.807, 2.05) is 36.2 Å². The first-order valence-electron chi connectivity index (χ1n) is 10.3. The molecule has 0 N–H and O–H groups in total. The Labute approximate surface area is 167 Å². The number of nitrogens with zero attached hydrogens (tertiary/aromatic N) is 5. The normalized spacial score (nSPS) is 17.7. The van der Waals surface area contributed by atoms with Crippen LogP contribution in [0.3, 0.4) is 0 Å². The number of rotatable bonds is 3. The minimum atomic E-state index is 0.133. The van der Waals surface area contributed by atoms with Crippen LogP contribution in [0.4, 0.5) is 11.8 Å². The molecule has 0 bridgehead atoms. The van der Waals surface area contributed by atoms with Gasteiger partial charge in [0, 0.05) is 51.0 Å². The highest BCUT2D eigenvalue weighted by Crippen LogP contribution is 2.21. The molecule has 0 unspecified atom stereocenters. The first-order chi connectivity index (χ1) is 13.6. The van der Waals surface area contributed by atoms with Crippen molar-refractivity contribution in [1.29, 1.82) is 0 Å². The summed E-state index contributed by atoms with van der Waals surface area (Å²) in [4.78, 5) is 28.7. The molecule has 1 aromatic carbocycles. The number of aryl methyl sites for hydroxylation is 2. The summed E-state index contributed by atoms with van der Waals surface area (Å²) in [6.07, 6.45) is 5.59. The summed E-state index contributed by atoms with van der Waals surface area (Å²) in [6, 6.07) is 8.02. The number of hydrogen-bond acceptors (Lipinski definition) is 5. The lowest BCUT2D eigenvalue weighted by Gasteiger charge is -2.36. The van der Waals surface area contributed by atoms with Crippen molar-refractivity contribution >= 4 is 17.7 Å². The van der Waals surface area contributed by atoms with Crippen molar-refractivity contribution in [3.05, 3.63) is 47.2 Å². The predicted molar refractivity (Wildman–Crippen MR) is 112 cm³/mol. The van der Waals surface area contributed by atoms with Gasteiger partial charge >= 0.3 is 0 Å². The molecule has 6 heteroatoms. The molecule has 6 nitrogen and oxygen atoms in total. The first kappa shape index (κ1) is 18.7. The molecular formula is C22H29N5O. The molecule has 1 amide bonds. The number of piperazine rings is 1. The molecule has 2 fully saturated rings. The second-order valence-corrected chi connectivity index (χ2v) is 7.86. The van der Waals surface area contributed by atoms with Crippen LogP contribution in [-0.4, -0.2) is 60.0 Å². The van der Waals surface area contributed by atoms with Crippen molar-refractivity contribution in [2.24, 2.45) is 0 Å². The highest BCUT2D eigenvalue weighted by molar-refractivity contribution is 5.95. The first-order valence-corrected chi connectivity index (χ1v) is 10.3. The zero-order valence-corrected chi connectivity index (χ0v) is 16.9. The van der Waals surface area contributed by atoms with Gasteiger partial charge in [0.1, 0.15) is 5.82 Å². The average molecular weight is 380 g/mol. The van der Waals surface area contributed by atoms with Crippen LogP contribution in [0.5, 0.6) is 0 Å². The molecule has 4 rings (SSSR count). The van der Waals surface area contributed by atoms with E-state index in [2.05, 4.69) is 27.8 Å². The quantitative estimate of drug-likeness (QED) is 0.820. The molecule has 2 saturated heterocycles. The van der Waals surface area contributed by atoms with Gasteiger partial charge in [-0.05, 0) is 50.8 Å². The maximum atomic E-state index is 12.9. The molecule has 1 aromatic heterocycles. The van der Waals surface area contributed by atoms with Crippen LogP contribution in [0.2, 0.25) is 0 Å². The van der Waals surface area contributed by atoms with Gasteiger partial charge in [0.2, 0.25) is 5.95 Å². The van der Waals surface area contributed by atoms with Crippen LogP contribution < -0.4 is 9.80 Å². The Bertz CT molecular complexity index is 839. The second kappa shape index (κ2) is 8.17. The Morgan fingerprint density at radius 2 is 1.64 bits per heavy atom. The molecule has 2 aromatic rings. The number of anilines is 2. The summed E-state index contributed by atoms with van der Waals surface area (Å²) in [7, 11) is 0. The van der Waals surface area contributed by atoms with E-state index in [-0.39, 0.29) is 5.91 Å². The topological polar surface area (TPSA) is 52.6 Å². The maximum Gasteiger partial charge on any atom is 0.254 e. The Hall–Kier alpha value is -2.63. The summed E-state index contributed by atoms with van der Waals surface area (Å²) in [6.45, 7) is 9.19. The molecule has 0 saturated carbocycles. The van der Waals surface area contributed by atoms with Gasteiger partial charge in [-0.2, -0.15) is 4.98 Å². The lowest BCUT2D eigenvalue weighted by molar-refractivity contribution is 0.0746. The van der Waals surface area contributed by atoms with Crippen molar-refractivity contribution in [3.63, 3.8) is 0 Å². The highest BCUT2D eigenvalue weighted by atomic mass is 16.2. The van der Waals surface area contributed by atoms with E-state index in [0.29, 0.717) is 0 Å². The number of carbonyl (C=O) groups excluding carboxylic acids is 1. The summed E-state index contributed by atoms with van der Waals surface area (Å²) in [5.41, 5.74) is 3.05. The molecular weight excluding hydrogens is 350 g/mol. The fourth-order valence-corrected chi connectivity index (χ4v) is 4.12. The molecule has 2 aliphatic rings. The predicted octanol–water partition coefficient (Wildman–Crippen LogP) is 3.05. The Morgan fingerprint density at radius 1 is 0.893 bits per heavy atom. The number of benzene rings is 1. The van der Waals surface area contributed by atoms with Gasteiger partial charge in [-0.1, -0.05) is 17.7 Å². The van der Waals surface area contributed by atoms with Gasteiger partial charge in [0.15, 0.2) is 0 Å². The Morgan fingerprint density at radius 3 is 2.36 bits per heavy atom. The van der Waals surface area contributed by atoms with Crippen LogP contribution in [0, 0.1) is 13.8 Å². The summed E-state index contributed by atoms with van der Waals surface area (Å²) >= 11 is 0. The molecule has 0 spiro atoms. The van der Waals surface area contributed by atoms with Crippen molar-refractivity contribution in [1.82, 2.24) is 14.9 Å². The number of hydrogen-bond donors (Lipinski definition) is 0. The van der Waals surface area contributed by atoms with Gasteiger partial charge in [0.05, 0.1) is 0 Å². The van der Waals surface area contributed by atoms with E-state index in [4.69, 9.17) is 4.98 Å². The summed E-state index contributed by atoms with van der Waals surface area (Å²) in [5.74, 6) is 1.94. The molecule has 0 aliphatic carbocycles. The summed E-state index contributed by atoms with van der Waals surface area (Å²) < 4.78 is 0. The van der Waals surface area contributed by atoms with Crippen LogP contribution >= 0.6 is 0 Å². The molecule has 3 heterocycles. The second-order valence-electron chi connectivity index (χ2n) is 7.86. The number of carbonyl (C=O) groups is 1. The van der Waals surface area contributed by atoms with E-state index in [9.17, 15) is 4.79 Å². The maximum absolute atomic E-state index is 12.9. The van der Waals surface area contributed by atoms with Gasteiger partial charge in [-0.3, -0.25) is 4.79 Å². The standard InChI is InChI=1S/C22H29N5O/c1-17-6-7-19(18(2)16-17)21(28)26-14-12-25(13-15-26)20-8-9-23-22(24-20)27-10-4-3-5-11-27/h6-9,16H,3-5,10-15H2,1-2H3. The van der Waals surface area contributed by atoms with Crippen LogP contribution in [0.15, 0.2) is 30.5 Å². The molecule has 0 radical (unpaired) electrons. The van der Waals surface area contributed by atoms with Crippen LogP contribution in [0.1, 0.15) is 40.7 Å². The number of piperidine rings is 1. The van der Waals surface area contributed by atoms with Gasteiger partial charge in [-0.15, -0.1) is 0 Å². The van der Waals surface area contributed by atoms with Crippen LogP contribution in [-0.2, 0) is 0 Å². The van der Waals surface area contributed by atoms with Gasteiger partial charge in [0.25, 0.3) is 5.91 Å². The van der Waals surface area contributed by atoms with E-state index in [0.717, 1.165) is 62.2 Å².